The standard InChI is InChI=1S/C9H13NO.ClH/c10-6-9(7-11)8-4-2-1-3-5-8;/h1-5,9,11H,6-7,10H2;1H. The van der Waals surface area contributed by atoms with Gasteiger partial charge in [-0.2, -0.15) is 0 Å². The van der Waals surface area contributed by atoms with E-state index in [0.29, 0.717) is 6.54 Å². The fourth-order valence-corrected chi connectivity index (χ4v) is 1.04. The molecule has 0 fully saturated rings. The molecular formula is C9H14ClNO. The zero-order chi connectivity index (χ0) is 8.10. The SMILES string of the molecule is Cl.NCC(CO)c1ccccc1. The number of hydrogen-bond donors (Lipinski definition) is 2. The largest absolute Gasteiger partial charge is 0.396 e. The molecule has 0 spiro atoms. The molecule has 2 nitrogen and oxygen atoms in total. The molecule has 0 amide bonds. The summed E-state index contributed by atoms with van der Waals surface area (Å²) in [4.78, 5) is 0. The van der Waals surface area contributed by atoms with Gasteiger partial charge in [0.15, 0.2) is 0 Å². The van der Waals surface area contributed by atoms with Crippen LogP contribution in [0.15, 0.2) is 30.3 Å². The monoisotopic (exact) mass is 187 g/mol. The van der Waals surface area contributed by atoms with Gasteiger partial charge in [0.2, 0.25) is 0 Å². The van der Waals surface area contributed by atoms with Gasteiger partial charge in [-0.15, -0.1) is 12.4 Å². The smallest absolute Gasteiger partial charge is 0.0511 e. The first-order chi connectivity index (χ1) is 5.38. The molecule has 0 aliphatic rings. The predicted molar refractivity (Wildman–Crippen MR) is 52.6 cm³/mol. The van der Waals surface area contributed by atoms with Gasteiger partial charge >= 0.3 is 0 Å². The lowest BCUT2D eigenvalue weighted by Gasteiger charge is -2.10. The summed E-state index contributed by atoms with van der Waals surface area (Å²) in [5, 5.41) is 8.90. The normalized spacial score (nSPS) is 11.8. The van der Waals surface area contributed by atoms with Crippen LogP contribution in [0.1, 0.15) is 11.5 Å². The van der Waals surface area contributed by atoms with E-state index in [0.717, 1.165) is 5.56 Å². The highest BCUT2D eigenvalue weighted by molar-refractivity contribution is 5.85. The Kier molecular flexibility index (Phi) is 5.72. The van der Waals surface area contributed by atoms with Crippen LogP contribution in [0.5, 0.6) is 0 Å². The maximum absolute atomic E-state index is 8.90. The van der Waals surface area contributed by atoms with E-state index in [1.54, 1.807) is 0 Å². The fraction of sp³-hybridized carbons (Fsp3) is 0.333. The van der Waals surface area contributed by atoms with Crippen LogP contribution < -0.4 is 5.73 Å². The van der Waals surface area contributed by atoms with Crippen LogP contribution in [0, 0.1) is 0 Å². The first-order valence-electron chi connectivity index (χ1n) is 3.74. The van der Waals surface area contributed by atoms with Crippen LogP contribution in [-0.2, 0) is 0 Å². The Balaban J connectivity index is 0.00000121. The zero-order valence-electron chi connectivity index (χ0n) is 6.81. The molecule has 0 saturated carbocycles. The van der Waals surface area contributed by atoms with Gasteiger partial charge in [0.25, 0.3) is 0 Å². The van der Waals surface area contributed by atoms with Crippen LogP contribution in [0.4, 0.5) is 0 Å². The van der Waals surface area contributed by atoms with E-state index in [2.05, 4.69) is 0 Å². The van der Waals surface area contributed by atoms with Gasteiger partial charge in [0, 0.05) is 12.5 Å². The topological polar surface area (TPSA) is 46.2 Å². The van der Waals surface area contributed by atoms with Gasteiger partial charge in [-0.05, 0) is 5.56 Å². The quantitative estimate of drug-likeness (QED) is 0.746. The number of hydrogen-bond acceptors (Lipinski definition) is 2. The van der Waals surface area contributed by atoms with Crippen molar-refractivity contribution in [2.24, 2.45) is 5.73 Å². The highest BCUT2D eigenvalue weighted by Gasteiger charge is 2.05. The minimum Gasteiger partial charge on any atom is -0.396 e. The number of nitrogens with two attached hydrogens (primary N) is 1. The number of rotatable bonds is 3. The third-order valence-corrected chi connectivity index (χ3v) is 1.78. The summed E-state index contributed by atoms with van der Waals surface area (Å²) < 4.78 is 0. The van der Waals surface area contributed by atoms with Crippen LogP contribution in [0.3, 0.4) is 0 Å². The van der Waals surface area contributed by atoms with Crippen molar-refractivity contribution in [3.63, 3.8) is 0 Å². The first-order valence-corrected chi connectivity index (χ1v) is 3.74. The van der Waals surface area contributed by atoms with Gasteiger partial charge in [0.05, 0.1) is 6.61 Å². The molecule has 1 atom stereocenters. The number of halogens is 1. The maximum atomic E-state index is 8.90. The molecule has 0 bridgehead atoms. The van der Waals surface area contributed by atoms with Crippen molar-refractivity contribution in [1.29, 1.82) is 0 Å². The molecule has 0 saturated heterocycles. The van der Waals surface area contributed by atoms with Crippen molar-refractivity contribution in [3.05, 3.63) is 35.9 Å². The lowest BCUT2D eigenvalue weighted by Crippen LogP contribution is -2.15. The third kappa shape index (κ3) is 2.81. The van der Waals surface area contributed by atoms with E-state index >= 15 is 0 Å². The second-order valence-corrected chi connectivity index (χ2v) is 2.53. The van der Waals surface area contributed by atoms with Crippen LogP contribution in [-0.4, -0.2) is 18.3 Å². The fourth-order valence-electron chi connectivity index (χ4n) is 1.04. The van der Waals surface area contributed by atoms with E-state index in [-0.39, 0.29) is 24.9 Å². The van der Waals surface area contributed by atoms with Crippen molar-refractivity contribution in [3.8, 4) is 0 Å². The van der Waals surface area contributed by atoms with Gasteiger partial charge in [0.1, 0.15) is 0 Å². The molecule has 1 aromatic carbocycles. The van der Waals surface area contributed by atoms with Crippen LogP contribution >= 0.6 is 12.4 Å². The Morgan fingerprint density at radius 3 is 2.25 bits per heavy atom. The summed E-state index contributed by atoms with van der Waals surface area (Å²) >= 11 is 0. The molecular weight excluding hydrogens is 174 g/mol. The highest BCUT2D eigenvalue weighted by atomic mass is 35.5. The maximum Gasteiger partial charge on any atom is 0.0511 e. The Morgan fingerprint density at radius 2 is 1.83 bits per heavy atom. The van der Waals surface area contributed by atoms with Crippen LogP contribution in [0.25, 0.3) is 0 Å². The second kappa shape index (κ2) is 6.00. The first kappa shape index (κ1) is 11.4. The van der Waals surface area contributed by atoms with Gasteiger partial charge < -0.3 is 10.8 Å². The molecule has 0 radical (unpaired) electrons. The molecule has 1 unspecified atom stereocenters. The minimum absolute atomic E-state index is 0. The summed E-state index contributed by atoms with van der Waals surface area (Å²) in [5.41, 5.74) is 6.56. The molecule has 0 aromatic heterocycles. The number of aliphatic hydroxyl groups excluding tert-OH is 1. The van der Waals surface area contributed by atoms with E-state index in [1.807, 2.05) is 30.3 Å². The second-order valence-electron chi connectivity index (χ2n) is 2.53. The van der Waals surface area contributed by atoms with Gasteiger partial charge in [-0.25, -0.2) is 0 Å². The number of aliphatic hydroxyl groups is 1. The van der Waals surface area contributed by atoms with Crippen molar-refractivity contribution < 1.29 is 5.11 Å². The van der Waals surface area contributed by atoms with E-state index < -0.39 is 0 Å². The Labute approximate surface area is 78.8 Å². The van der Waals surface area contributed by atoms with E-state index in [4.69, 9.17) is 10.8 Å². The average Bonchev–Trinajstić information content (AvgIpc) is 2.09. The molecule has 68 valence electrons. The van der Waals surface area contributed by atoms with Crippen molar-refractivity contribution in [2.75, 3.05) is 13.2 Å². The summed E-state index contributed by atoms with van der Waals surface area (Å²) in [6, 6.07) is 9.82. The Hall–Kier alpha value is -0.570. The predicted octanol–water partition coefficient (Wildman–Crippen LogP) is 1.14. The number of benzene rings is 1. The highest BCUT2D eigenvalue weighted by Crippen LogP contribution is 2.12. The van der Waals surface area contributed by atoms with Crippen molar-refractivity contribution >= 4 is 12.4 Å². The Bertz CT molecular complexity index is 199. The summed E-state index contributed by atoms with van der Waals surface area (Å²) in [6.45, 7) is 0.626. The summed E-state index contributed by atoms with van der Waals surface area (Å²) in [5.74, 6) is 0.0937. The van der Waals surface area contributed by atoms with Crippen LogP contribution in [0.2, 0.25) is 0 Å². The lowest BCUT2D eigenvalue weighted by molar-refractivity contribution is 0.268. The summed E-state index contributed by atoms with van der Waals surface area (Å²) in [7, 11) is 0. The average molecular weight is 188 g/mol. The molecule has 1 rings (SSSR count). The van der Waals surface area contributed by atoms with Gasteiger partial charge in [-0.1, -0.05) is 30.3 Å². The van der Waals surface area contributed by atoms with E-state index in [9.17, 15) is 0 Å². The zero-order valence-corrected chi connectivity index (χ0v) is 7.63. The third-order valence-electron chi connectivity index (χ3n) is 1.78. The molecule has 3 N–H and O–H groups in total. The molecule has 12 heavy (non-hydrogen) atoms. The molecule has 0 aliphatic carbocycles. The molecule has 0 aliphatic heterocycles. The molecule has 3 heteroatoms. The summed E-state index contributed by atoms with van der Waals surface area (Å²) in [6.07, 6.45) is 0. The molecule has 1 aromatic rings. The van der Waals surface area contributed by atoms with Gasteiger partial charge in [-0.3, -0.25) is 0 Å². The van der Waals surface area contributed by atoms with Crippen molar-refractivity contribution in [2.45, 2.75) is 5.92 Å². The van der Waals surface area contributed by atoms with Crippen molar-refractivity contribution in [1.82, 2.24) is 0 Å². The minimum atomic E-state index is 0. The molecule has 0 heterocycles. The Morgan fingerprint density at radius 1 is 1.25 bits per heavy atom. The van der Waals surface area contributed by atoms with E-state index in [1.165, 1.54) is 0 Å². The lowest BCUT2D eigenvalue weighted by atomic mass is 10.0.